The fourth-order valence-corrected chi connectivity index (χ4v) is 1.77. The lowest BCUT2D eigenvalue weighted by Crippen LogP contribution is -2.07. The maximum absolute atomic E-state index is 11.7. The van der Waals surface area contributed by atoms with E-state index in [-0.39, 0.29) is 5.56 Å². The fraction of sp³-hybridized carbons (Fsp3) is 0.308. The molecule has 0 aliphatic heterocycles. The summed E-state index contributed by atoms with van der Waals surface area (Å²) < 4.78 is 0. The lowest BCUT2D eigenvalue weighted by atomic mass is 10.00. The van der Waals surface area contributed by atoms with Crippen molar-refractivity contribution in [1.29, 1.82) is 0 Å². The minimum absolute atomic E-state index is 0.00694. The van der Waals surface area contributed by atoms with Crippen LogP contribution in [0.3, 0.4) is 0 Å². The summed E-state index contributed by atoms with van der Waals surface area (Å²) in [6.45, 7) is 6.16. The summed E-state index contributed by atoms with van der Waals surface area (Å²) in [4.78, 5) is 14.5. The van der Waals surface area contributed by atoms with Gasteiger partial charge in [-0.05, 0) is 35.9 Å². The summed E-state index contributed by atoms with van der Waals surface area (Å²) in [6, 6.07) is 8.10. The van der Waals surface area contributed by atoms with Gasteiger partial charge in [-0.2, -0.15) is 0 Å². The molecule has 0 atom stereocenters. The zero-order valence-electron chi connectivity index (χ0n) is 9.29. The predicted octanol–water partition coefficient (Wildman–Crippen LogP) is 2.96. The van der Waals surface area contributed by atoms with E-state index in [1.807, 2.05) is 25.1 Å². The first-order valence-electron chi connectivity index (χ1n) is 5.21. The van der Waals surface area contributed by atoms with Crippen molar-refractivity contribution in [3.05, 3.63) is 45.9 Å². The zero-order valence-corrected chi connectivity index (χ0v) is 9.29. The van der Waals surface area contributed by atoms with E-state index in [9.17, 15) is 4.79 Å². The standard InChI is InChI=1S/C13H15NO/c1-8(2)10-4-5-11-6-9(3)14-13(15)12(11)7-10/h4-8H,1-3H3,(H,14,15). The number of benzene rings is 1. The molecular weight excluding hydrogens is 186 g/mol. The molecule has 2 aromatic rings. The van der Waals surface area contributed by atoms with Gasteiger partial charge in [-0.15, -0.1) is 0 Å². The minimum Gasteiger partial charge on any atom is -0.326 e. The Bertz CT molecular complexity index is 552. The van der Waals surface area contributed by atoms with E-state index >= 15 is 0 Å². The third-order valence-electron chi connectivity index (χ3n) is 2.67. The number of hydrogen-bond donors (Lipinski definition) is 1. The average molecular weight is 201 g/mol. The van der Waals surface area contributed by atoms with Crippen LogP contribution in [-0.2, 0) is 0 Å². The molecule has 1 aromatic carbocycles. The van der Waals surface area contributed by atoms with Gasteiger partial charge in [0.1, 0.15) is 0 Å². The molecule has 1 N–H and O–H groups in total. The number of aromatic nitrogens is 1. The van der Waals surface area contributed by atoms with Crippen LogP contribution in [-0.4, -0.2) is 4.98 Å². The van der Waals surface area contributed by atoms with Crippen LogP contribution in [0.4, 0.5) is 0 Å². The van der Waals surface area contributed by atoms with Crippen molar-refractivity contribution in [3.63, 3.8) is 0 Å². The first-order chi connectivity index (χ1) is 7.08. The number of H-pyrrole nitrogens is 1. The number of nitrogens with one attached hydrogen (secondary N) is 1. The molecule has 0 saturated heterocycles. The van der Waals surface area contributed by atoms with Gasteiger partial charge in [0, 0.05) is 11.1 Å². The quantitative estimate of drug-likeness (QED) is 0.756. The third-order valence-corrected chi connectivity index (χ3v) is 2.67. The number of aryl methyl sites for hydroxylation is 1. The molecule has 0 radical (unpaired) electrons. The maximum Gasteiger partial charge on any atom is 0.256 e. The lowest BCUT2D eigenvalue weighted by Gasteiger charge is -2.06. The molecule has 1 aromatic heterocycles. The van der Waals surface area contributed by atoms with Gasteiger partial charge in [-0.25, -0.2) is 0 Å². The van der Waals surface area contributed by atoms with Crippen molar-refractivity contribution in [1.82, 2.24) is 4.98 Å². The number of aromatic amines is 1. The van der Waals surface area contributed by atoms with Crippen LogP contribution in [0.25, 0.3) is 10.8 Å². The highest BCUT2D eigenvalue weighted by molar-refractivity contribution is 5.82. The fourth-order valence-electron chi connectivity index (χ4n) is 1.77. The van der Waals surface area contributed by atoms with Crippen LogP contribution in [0.2, 0.25) is 0 Å². The Kier molecular flexibility index (Phi) is 2.35. The van der Waals surface area contributed by atoms with E-state index in [2.05, 4.69) is 24.9 Å². The van der Waals surface area contributed by atoms with Gasteiger partial charge in [0.15, 0.2) is 0 Å². The molecule has 1 heterocycles. The van der Waals surface area contributed by atoms with Gasteiger partial charge in [0.2, 0.25) is 0 Å². The van der Waals surface area contributed by atoms with Gasteiger partial charge in [0.25, 0.3) is 5.56 Å². The SMILES string of the molecule is Cc1cc2ccc(C(C)C)cc2c(=O)[nH]1. The van der Waals surface area contributed by atoms with Crippen molar-refractivity contribution in [2.75, 3.05) is 0 Å². The van der Waals surface area contributed by atoms with Crippen LogP contribution in [0, 0.1) is 6.92 Å². The molecule has 0 aliphatic rings. The Morgan fingerprint density at radius 2 is 1.93 bits per heavy atom. The summed E-state index contributed by atoms with van der Waals surface area (Å²) in [5.41, 5.74) is 2.12. The molecule has 2 rings (SSSR count). The van der Waals surface area contributed by atoms with Crippen molar-refractivity contribution in [2.24, 2.45) is 0 Å². The van der Waals surface area contributed by atoms with Crippen molar-refractivity contribution in [2.45, 2.75) is 26.7 Å². The topological polar surface area (TPSA) is 32.9 Å². The number of rotatable bonds is 1. The molecular formula is C13H15NO. The molecule has 15 heavy (non-hydrogen) atoms. The molecule has 0 bridgehead atoms. The molecule has 0 aliphatic carbocycles. The molecule has 2 heteroatoms. The largest absolute Gasteiger partial charge is 0.326 e. The second kappa shape index (κ2) is 3.54. The predicted molar refractivity (Wildman–Crippen MR) is 63.4 cm³/mol. The van der Waals surface area contributed by atoms with E-state index in [1.165, 1.54) is 5.56 Å². The molecule has 2 nitrogen and oxygen atoms in total. The molecule has 78 valence electrons. The number of pyridine rings is 1. The second-order valence-corrected chi connectivity index (χ2v) is 4.28. The Morgan fingerprint density at radius 1 is 1.20 bits per heavy atom. The average Bonchev–Trinajstić information content (AvgIpc) is 2.16. The highest BCUT2D eigenvalue weighted by Crippen LogP contribution is 2.19. The Labute approximate surface area is 89.0 Å². The van der Waals surface area contributed by atoms with E-state index in [0.717, 1.165) is 16.5 Å². The van der Waals surface area contributed by atoms with Gasteiger partial charge in [0.05, 0.1) is 0 Å². The smallest absolute Gasteiger partial charge is 0.256 e. The first kappa shape index (κ1) is 9.97. The molecule has 0 spiro atoms. The van der Waals surface area contributed by atoms with Gasteiger partial charge in [-0.3, -0.25) is 4.79 Å². The third kappa shape index (κ3) is 1.80. The van der Waals surface area contributed by atoms with Crippen LogP contribution in [0.1, 0.15) is 31.0 Å². The van der Waals surface area contributed by atoms with Crippen LogP contribution < -0.4 is 5.56 Å². The summed E-state index contributed by atoms with van der Waals surface area (Å²) in [6.07, 6.45) is 0. The summed E-state index contributed by atoms with van der Waals surface area (Å²) in [5.74, 6) is 0.454. The molecule has 0 unspecified atom stereocenters. The summed E-state index contributed by atoms with van der Waals surface area (Å²) in [5, 5.41) is 1.80. The molecule has 0 amide bonds. The van der Waals surface area contributed by atoms with Crippen LogP contribution in [0.5, 0.6) is 0 Å². The van der Waals surface area contributed by atoms with E-state index in [4.69, 9.17) is 0 Å². The van der Waals surface area contributed by atoms with Gasteiger partial charge < -0.3 is 4.98 Å². The first-order valence-corrected chi connectivity index (χ1v) is 5.21. The lowest BCUT2D eigenvalue weighted by molar-refractivity contribution is 0.868. The zero-order chi connectivity index (χ0) is 11.0. The van der Waals surface area contributed by atoms with Gasteiger partial charge in [-0.1, -0.05) is 26.0 Å². The Hall–Kier alpha value is -1.57. The monoisotopic (exact) mass is 201 g/mol. The highest BCUT2D eigenvalue weighted by Gasteiger charge is 2.03. The second-order valence-electron chi connectivity index (χ2n) is 4.28. The van der Waals surface area contributed by atoms with Crippen molar-refractivity contribution < 1.29 is 0 Å². The van der Waals surface area contributed by atoms with Crippen LogP contribution in [0.15, 0.2) is 29.1 Å². The summed E-state index contributed by atoms with van der Waals surface area (Å²) >= 11 is 0. The maximum atomic E-state index is 11.7. The summed E-state index contributed by atoms with van der Waals surface area (Å²) in [7, 11) is 0. The molecule has 0 fully saturated rings. The minimum atomic E-state index is 0.00694. The number of fused-ring (bicyclic) bond motifs is 1. The number of hydrogen-bond acceptors (Lipinski definition) is 1. The van der Waals surface area contributed by atoms with E-state index in [0.29, 0.717) is 5.92 Å². The Balaban J connectivity index is 2.77. The van der Waals surface area contributed by atoms with Crippen molar-refractivity contribution in [3.8, 4) is 0 Å². The van der Waals surface area contributed by atoms with Crippen molar-refractivity contribution >= 4 is 10.8 Å². The highest BCUT2D eigenvalue weighted by atomic mass is 16.1. The van der Waals surface area contributed by atoms with E-state index < -0.39 is 0 Å². The Morgan fingerprint density at radius 3 is 2.60 bits per heavy atom. The molecule has 0 saturated carbocycles. The van der Waals surface area contributed by atoms with Gasteiger partial charge >= 0.3 is 0 Å². The van der Waals surface area contributed by atoms with E-state index in [1.54, 1.807) is 0 Å². The van der Waals surface area contributed by atoms with Crippen LogP contribution >= 0.6 is 0 Å². The normalized spacial score (nSPS) is 11.2.